The summed E-state index contributed by atoms with van der Waals surface area (Å²) in [6.07, 6.45) is 2.34. The number of benzene rings is 1. The summed E-state index contributed by atoms with van der Waals surface area (Å²) >= 11 is 0. The lowest BCUT2D eigenvalue weighted by Crippen LogP contribution is -2.45. The molecule has 4 rings (SSSR count). The number of likely N-dealkylation sites (tertiary alicyclic amines) is 1. The lowest BCUT2D eigenvalue weighted by molar-refractivity contribution is -0.136. The number of fused-ring (bicyclic) bond motifs is 1. The summed E-state index contributed by atoms with van der Waals surface area (Å²) in [6.45, 7) is 4.83. The number of nitrogens with zero attached hydrogens (tertiary/aromatic N) is 3. The van der Waals surface area contributed by atoms with Gasteiger partial charge in [-0.05, 0) is 31.0 Å². The van der Waals surface area contributed by atoms with Gasteiger partial charge in [0.2, 0.25) is 5.91 Å². The summed E-state index contributed by atoms with van der Waals surface area (Å²) < 4.78 is 11.4. The Labute approximate surface area is 159 Å². The fourth-order valence-corrected chi connectivity index (χ4v) is 4.01. The molecule has 0 spiro atoms. The maximum Gasteiger partial charge on any atom is 0.253 e. The maximum atomic E-state index is 12.6. The quantitative estimate of drug-likeness (QED) is 0.801. The number of hydrogen-bond acceptors (Lipinski definition) is 5. The third kappa shape index (κ3) is 3.88. The van der Waals surface area contributed by atoms with E-state index in [1.54, 1.807) is 0 Å². The molecule has 1 aromatic rings. The Hall–Kier alpha value is -2.28. The van der Waals surface area contributed by atoms with Crippen molar-refractivity contribution in [3.05, 3.63) is 23.8 Å². The molecule has 2 saturated heterocycles. The number of hydrogen-bond donors (Lipinski definition) is 0. The zero-order chi connectivity index (χ0) is 18.8. The van der Waals surface area contributed by atoms with Crippen LogP contribution in [0, 0.1) is 0 Å². The molecule has 0 unspecified atom stereocenters. The summed E-state index contributed by atoms with van der Waals surface area (Å²) in [6, 6.07) is 5.61. The maximum absolute atomic E-state index is 12.6. The first-order chi connectivity index (χ1) is 13.1. The van der Waals surface area contributed by atoms with E-state index in [1.165, 1.54) is 0 Å². The molecule has 2 amide bonds. The van der Waals surface area contributed by atoms with Gasteiger partial charge < -0.3 is 24.2 Å². The highest BCUT2D eigenvalue weighted by Crippen LogP contribution is 2.34. The lowest BCUT2D eigenvalue weighted by atomic mass is 10.1. The second kappa shape index (κ2) is 7.76. The number of amides is 2. The Morgan fingerprint density at radius 1 is 1.07 bits per heavy atom. The van der Waals surface area contributed by atoms with Crippen molar-refractivity contribution in [2.75, 3.05) is 57.9 Å². The molecule has 3 heterocycles. The highest BCUT2D eigenvalue weighted by atomic mass is 16.5. The van der Waals surface area contributed by atoms with Crippen LogP contribution in [0.1, 0.15) is 29.6 Å². The lowest BCUT2D eigenvalue weighted by Gasteiger charge is -2.35. The Balaban J connectivity index is 1.43. The third-order valence-electron chi connectivity index (χ3n) is 5.55. The van der Waals surface area contributed by atoms with Gasteiger partial charge >= 0.3 is 0 Å². The molecule has 1 aromatic carbocycles. The van der Waals surface area contributed by atoms with Crippen LogP contribution in [0.4, 0.5) is 5.69 Å². The van der Waals surface area contributed by atoms with Gasteiger partial charge in [-0.15, -0.1) is 0 Å². The minimum absolute atomic E-state index is 0.0910. The van der Waals surface area contributed by atoms with E-state index in [-0.39, 0.29) is 17.9 Å². The van der Waals surface area contributed by atoms with E-state index >= 15 is 0 Å². The molecular weight excluding hydrogens is 346 g/mol. The van der Waals surface area contributed by atoms with Crippen LogP contribution in [-0.2, 0) is 9.53 Å². The monoisotopic (exact) mass is 373 g/mol. The largest absolute Gasteiger partial charge is 0.486 e. The van der Waals surface area contributed by atoms with E-state index in [0.717, 1.165) is 37.4 Å². The Morgan fingerprint density at radius 2 is 1.81 bits per heavy atom. The first kappa shape index (κ1) is 18.1. The molecule has 3 aliphatic rings. The predicted octanol–water partition coefficient (Wildman–Crippen LogP) is 1.37. The van der Waals surface area contributed by atoms with Gasteiger partial charge in [0.1, 0.15) is 11.9 Å². The minimum Gasteiger partial charge on any atom is -0.486 e. The van der Waals surface area contributed by atoms with Crippen molar-refractivity contribution >= 4 is 17.5 Å². The van der Waals surface area contributed by atoms with Crippen molar-refractivity contribution in [1.82, 2.24) is 9.80 Å². The van der Waals surface area contributed by atoms with Crippen LogP contribution in [0.5, 0.6) is 5.75 Å². The number of ether oxygens (including phenoxy) is 2. The van der Waals surface area contributed by atoms with Crippen LogP contribution in [-0.4, -0.2) is 80.7 Å². The molecule has 3 aliphatic heterocycles. The van der Waals surface area contributed by atoms with Crippen LogP contribution in [0.25, 0.3) is 0 Å². The van der Waals surface area contributed by atoms with E-state index in [9.17, 15) is 9.59 Å². The highest BCUT2D eigenvalue weighted by molar-refractivity contribution is 5.96. The predicted molar refractivity (Wildman–Crippen MR) is 101 cm³/mol. The van der Waals surface area contributed by atoms with Crippen molar-refractivity contribution in [3.63, 3.8) is 0 Å². The number of carbonyl (C=O) groups excluding carboxylic acids is 2. The van der Waals surface area contributed by atoms with E-state index in [0.29, 0.717) is 44.8 Å². The van der Waals surface area contributed by atoms with Crippen LogP contribution in [0.2, 0.25) is 0 Å². The van der Waals surface area contributed by atoms with Crippen LogP contribution in [0.15, 0.2) is 18.2 Å². The summed E-state index contributed by atoms with van der Waals surface area (Å²) in [7, 11) is 1.98. The Kier molecular flexibility index (Phi) is 5.20. The molecule has 2 fully saturated rings. The van der Waals surface area contributed by atoms with Gasteiger partial charge in [-0.1, -0.05) is 0 Å². The molecule has 0 radical (unpaired) electrons. The number of rotatable bonds is 3. The molecule has 0 aromatic heterocycles. The van der Waals surface area contributed by atoms with Crippen molar-refractivity contribution in [3.8, 4) is 5.75 Å². The SMILES string of the molecule is CN1C[C@@H](CC(=O)N2CCOCC2)Oc2ccc(C(=O)N3CCCC3)cc21. The summed E-state index contributed by atoms with van der Waals surface area (Å²) in [5.74, 6) is 0.941. The molecule has 1 atom stereocenters. The first-order valence-corrected chi connectivity index (χ1v) is 9.78. The van der Waals surface area contributed by atoms with Crippen molar-refractivity contribution < 1.29 is 19.1 Å². The number of likely N-dealkylation sites (N-methyl/N-ethyl adjacent to an activating group) is 1. The van der Waals surface area contributed by atoms with Crippen LogP contribution < -0.4 is 9.64 Å². The minimum atomic E-state index is -0.182. The van der Waals surface area contributed by atoms with Gasteiger partial charge in [-0.25, -0.2) is 0 Å². The van der Waals surface area contributed by atoms with Crippen molar-refractivity contribution in [2.24, 2.45) is 0 Å². The molecule has 7 heteroatoms. The van der Waals surface area contributed by atoms with E-state index in [4.69, 9.17) is 9.47 Å². The molecular formula is C20H27N3O4. The smallest absolute Gasteiger partial charge is 0.253 e. The topological polar surface area (TPSA) is 62.3 Å². The normalized spacial score (nSPS) is 22.4. The van der Waals surface area contributed by atoms with E-state index < -0.39 is 0 Å². The first-order valence-electron chi connectivity index (χ1n) is 9.78. The fourth-order valence-electron chi connectivity index (χ4n) is 4.01. The molecule has 0 saturated carbocycles. The highest BCUT2D eigenvalue weighted by Gasteiger charge is 2.29. The Morgan fingerprint density at radius 3 is 2.56 bits per heavy atom. The molecule has 0 N–H and O–H groups in total. The van der Waals surface area contributed by atoms with Gasteiger partial charge in [0.05, 0.1) is 31.9 Å². The van der Waals surface area contributed by atoms with Crippen LogP contribution in [0.3, 0.4) is 0 Å². The third-order valence-corrected chi connectivity index (χ3v) is 5.55. The van der Waals surface area contributed by atoms with Gasteiger partial charge in [-0.3, -0.25) is 9.59 Å². The standard InChI is InChI=1S/C20H27N3O4/c1-21-14-16(13-19(24)22-8-10-26-11-9-22)27-18-5-4-15(12-17(18)21)20(25)23-6-2-3-7-23/h4-5,12,16H,2-3,6-11,13-14H2,1H3/t16-/m1/s1. The summed E-state index contributed by atoms with van der Waals surface area (Å²) in [5.41, 5.74) is 1.61. The van der Waals surface area contributed by atoms with E-state index in [2.05, 4.69) is 4.90 Å². The van der Waals surface area contributed by atoms with Crippen LogP contribution >= 0.6 is 0 Å². The average molecular weight is 373 g/mol. The summed E-state index contributed by atoms with van der Waals surface area (Å²) in [4.78, 5) is 31.0. The second-order valence-electron chi connectivity index (χ2n) is 7.50. The number of carbonyl (C=O) groups is 2. The molecule has 27 heavy (non-hydrogen) atoms. The second-order valence-corrected chi connectivity index (χ2v) is 7.50. The molecule has 0 aliphatic carbocycles. The molecule has 146 valence electrons. The number of anilines is 1. The summed E-state index contributed by atoms with van der Waals surface area (Å²) in [5, 5.41) is 0. The zero-order valence-electron chi connectivity index (χ0n) is 15.9. The average Bonchev–Trinajstić information content (AvgIpc) is 3.23. The Bertz CT molecular complexity index is 711. The van der Waals surface area contributed by atoms with Gasteiger partial charge in [0.15, 0.2) is 0 Å². The van der Waals surface area contributed by atoms with Crippen molar-refractivity contribution in [2.45, 2.75) is 25.4 Å². The fraction of sp³-hybridized carbons (Fsp3) is 0.600. The van der Waals surface area contributed by atoms with Gasteiger partial charge in [0, 0.05) is 38.8 Å². The zero-order valence-corrected chi connectivity index (χ0v) is 15.9. The number of morpholine rings is 1. The van der Waals surface area contributed by atoms with Gasteiger partial charge in [-0.2, -0.15) is 0 Å². The molecule has 7 nitrogen and oxygen atoms in total. The molecule has 0 bridgehead atoms. The van der Waals surface area contributed by atoms with Gasteiger partial charge in [0.25, 0.3) is 5.91 Å². The van der Waals surface area contributed by atoms with Crippen molar-refractivity contribution in [1.29, 1.82) is 0 Å². The van der Waals surface area contributed by atoms with E-state index in [1.807, 2.05) is 35.0 Å².